The molecule has 1 fully saturated rings. The van der Waals surface area contributed by atoms with E-state index < -0.39 is 6.04 Å². The van der Waals surface area contributed by atoms with Crippen molar-refractivity contribution in [1.29, 1.82) is 0 Å². The van der Waals surface area contributed by atoms with E-state index in [1.807, 2.05) is 0 Å². The number of hydrogen-bond donors (Lipinski definition) is 2. The summed E-state index contributed by atoms with van der Waals surface area (Å²) in [6.45, 7) is 5.23. The molecule has 0 radical (unpaired) electrons. The van der Waals surface area contributed by atoms with E-state index in [4.69, 9.17) is 10.8 Å². The second-order valence-corrected chi connectivity index (χ2v) is 4.08. The van der Waals surface area contributed by atoms with Crippen LogP contribution in [0.5, 0.6) is 0 Å². The molecule has 4 nitrogen and oxygen atoms in total. The number of rotatable bonds is 4. The Morgan fingerprint density at radius 3 is 2.67 bits per heavy atom. The maximum absolute atomic E-state index is 11.8. The van der Waals surface area contributed by atoms with Crippen molar-refractivity contribution in [1.82, 2.24) is 4.90 Å². The van der Waals surface area contributed by atoms with Gasteiger partial charge in [-0.2, -0.15) is 0 Å². The van der Waals surface area contributed by atoms with Crippen LogP contribution in [0.3, 0.4) is 0 Å². The highest BCUT2D eigenvalue weighted by molar-refractivity contribution is 5.81. The number of aliphatic hydroxyl groups is 1. The van der Waals surface area contributed by atoms with Gasteiger partial charge in [-0.1, -0.05) is 6.08 Å². The lowest BCUT2D eigenvalue weighted by atomic mass is 9.97. The second-order valence-electron chi connectivity index (χ2n) is 4.08. The first-order valence-corrected chi connectivity index (χ1v) is 5.45. The Hall–Kier alpha value is -0.870. The van der Waals surface area contributed by atoms with E-state index >= 15 is 0 Å². The maximum atomic E-state index is 11.8. The van der Waals surface area contributed by atoms with Crippen LogP contribution >= 0.6 is 0 Å². The molecule has 1 atom stereocenters. The number of hydrogen-bond acceptors (Lipinski definition) is 3. The lowest BCUT2D eigenvalue weighted by Crippen LogP contribution is -2.47. The van der Waals surface area contributed by atoms with Gasteiger partial charge in [-0.05, 0) is 25.2 Å². The normalized spacial score (nSPS) is 20.0. The Morgan fingerprint density at radius 2 is 2.20 bits per heavy atom. The average molecular weight is 212 g/mol. The number of aliphatic hydroxyl groups excluding tert-OH is 1. The summed E-state index contributed by atoms with van der Waals surface area (Å²) in [6.07, 6.45) is 3.95. The van der Waals surface area contributed by atoms with Crippen LogP contribution in [0.1, 0.15) is 19.3 Å². The van der Waals surface area contributed by atoms with Gasteiger partial charge in [0, 0.05) is 19.7 Å². The highest BCUT2D eigenvalue weighted by Gasteiger charge is 2.25. The third kappa shape index (κ3) is 3.32. The molecule has 0 aromatic rings. The third-order valence-electron chi connectivity index (χ3n) is 2.92. The van der Waals surface area contributed by atoms with Crippen LogP contribution in [0, 0.1) is 5.92 Å². The van der Waals surface area contributed by atoms with Gasteiger partial charge in [0.1, 0.15) is 0 Å². The highest BCUT2D eigenvalue weighted by Crippen LogP contribution is 2.17. The fourth-order valence-electron chi connectivity index (χ4n) is 1.85. The first kappa shape index (κ1) is 12.2. The fourth-order valence-corrected chi connectivity index (χ4v) is 1.85. The van der Waals surface area contributed by atoms with Crippen LogP contribution in [0.2, 0.25) is 0 Å². The largest absolute Gasteiger partial charge is 0.396 e. The molecule has 0 saturated carbocycles. The van der Waals surface area contributed by atoms with Gasteiger partial charge < -0.3 is 15.7 Å². The Balaban J connectivity index is 2.38. The summed E-state index contributed by atoms with van der Waals surface area (Å²) >= 11 is 0. The molecule has 1 unspecified atom stereocenters. The molecule has 0 bridgehead atoms. The van der Waals surface area contributed by atoms with E-state index in [0.29, 0.717) is 12.3 Å². The summed E-state index contributed by atoms with van der Waals surface area (Å²) in [5.74, 6) is 0.357. The maximum Gasteiger partial charge on any atom is 0.239 e. The number of carbonyl (C=O) groups excluding carboxylic acids is 1. The second kappa shape index (κ2) is 5.88. The van der Waals surface area contributed by atoms with Crippen LogP contribution in [0.15, 0.2) is 12.7 Å². The predicted octanol–water partition coefficient (Wildman–Crippen LogP) is 0.121. The standard InChI is InChI=1S/C11H20N2O2/c1-2-3-10(12)11(15)13-6-4-9(8-14)5-7-13/h2,9-10,14H,1,3-8,12H2. The molecule has 1 saturated heterocycles. The average Bonchev–Trinajstić information content (AvgIpc) is 2.28. The molecule has 1 aliphatic heterocycles. The zero-order chi connectivity index (χ0) is 11.3. The smallest absolute Gasteiger partial charge is 0.239 e. The summed E-state index contributed by atoms with van der Waals surface area (Å²) in [5.41, 5.74) is 5.71. The number of likely N-dealkylation sites (tertiary alicyclic amines) is 1. The minimum Gasteiger partial charge on any atom is -0.396 e. The van der Waals surface area contributed by atoms with Crippen LogP contribution in [-0.4, -0.2) is 41.7 Å². The van der Waals surface area contributed by atoms with Gasteiger partial charge in [-0.3, -0.25) is 4.79 Å². The zero-order valence-electron chi connectivity index (χ0n) is 9.06. The van der Waals surface area contributed by atoms with E-state index in [1.165, 1.54) is 0 Å². The highest BCUT2D eigenvalue weighted by atomic mass is 16.3. The van der Waals surface area contributed by atoms with Gasteiger partial charge in [0.05, 0.1) is 6.04 Å². The van der Waals surface area contributed by atoms with Crippen molar-refractivity contribution in [3.05, 3.63) is 12.7 Å². The van der Waals surface area contributed by atoms with Crippen molar-refractivity contribution in [2.45, 2.75) is 25.3 Å². The molecule has 4 heteroatoms. The Kier molecular flexibility index (Phi) is 4.78. The van der Waals surface area contributed by atoms with Crippen molar-refractivity contribution in [3.63, 3.8) is 0 Å². The Bertz CT molecular complexity index is 223. The lowest BCUT2D eigenvalue weighted by Gasteiger charge is -2.32. The van der Waals surface area contributed by atoms with Gasteiger partial charge in [-0.25, -0.2) is 0 Å². The first-order chi connectivity index (χ1) is 7.19. The van der Waals surface area contributed by atoms with Crippen LogP contribution in [0.25, 0.3) is 0 Å². The number of nitrogens with two attached hydrogens (primary N) is 1. The summed E-state index contributed by atoms with van der Waals surface area (Å²) in [5, 5.41) is 8.97. The molecule has 0 aromatic heterocycles. The van der Waals surface area contributed by atoms with Crippen molar-refractivity contribution in [3.8, 4) is 0 Å². The molecule has 3 N–H and O–H groups in total. The van der Waals surface area contributed by atoms with Crippen molar-refractivity contribution >= 4 is 5.91 Å². The zero-order valence-corrected chi connectivity index (χ0v) is 9.06. The number of nitrogens with zero attached hydrogens (tertiary/aromatic N) is 1. The molecule has 86 valence electrons. The minimum atomic E-state index is -0.451. The summed E-state index contributed by atoms with van der Waals surface area (Å²) < 4.78 is 0. The van der Waals surface area contributed by atoms with E-state index in [-0.39, 0.29) is 12.5 Å². The molecule has 0 aliphatic carbocycles. The third-order valence-corrected chi connectivity index (χ3v) is 2.92. The fraction of sp³-hybridized carbons (Fsp3) is 0.727. The van der Waals surface area contributed by atoms with Crippen molar-refractivity contribution < 1.29 is 9.90 Å². The first-order valence-electron chi connectivity index (χ1n) is 5.45. The lowest BCUT2D eigenvalue weighted by molar-refractivity contribution is -0.134. The molecular formula is C11H20N2O2. The molecule has 1 heterocycles. The Labute approximate surface area is 90.7 Å². The van der Waals surface area contributed by atoms with E-state index in [0.717, 1.165) is 25.9 Å². The van der Waals surface area contributed by atoms with Crippen LogP contribution < -0.4 is 5.73 Å². The van der Waals surface area contributed by atoms with Gasteiger partial charge in [-0.15, -0.1) is 6.58 Å². The molecule has 15 heavy (non-hydrogen) atoms. The SMILES string of the molecule is C=CCC(N)C(=O)N1CCC(CO)CC1. The van der Waals surface area contributed by atoms with Crippen molar-refractivity contribution in [2.24, 2.45) is 11.7 Å². The summed E-state index contributed by atoms with van der Waals surface area (Å²) in [7, 11) is 0. The van der Waals surface area contributed by atoms with E-state index in [1.54, 1.807) is 11.0 Å². The number of piperidine rings is 1. The summed E-state index contributed by atoms with van der Waals surface area (Å²) in [4.78, 5) is 13.6. The van der Waals surface area contributed by atoms with E-state index in [2.05, 4.69) is 6.58 Å². The minimum absolute atomic E-state index is 0.00582. The van der Waals surface area contributed by atoms with Crippen LogP contribution in [0.4, 0.5) is 0 Å². The summed E-state index contributed by atoms with van der Waals surface area (Å²) in [6, 6.07) is -0.451. The van der Waals surface area contributed by atoms with Crippen LogP contribution in [-0.2, 0) is 4.79 Å². The topological polar surface area (TPSA) is 66.6 Å². The number of amides is 1. The quantitative estimate of drug-likeness (QED) is 0.650. The van der Waals surface area contributed by atoms with Crippen molar-refractivity contribution in [2.75, 3.05) is 19.7 Å². The molecule has 1 rings (SSSR count). The molecular weight excluding hydrogens is 192 g/mol. The molecule has 1 amide bonds. The number of carbonyl (C=O) groups is 1. The predicted molar refractivity (Wildman–Crippen MR) is 59.2 cm³/mol. The monoisotopic (exact) mass is 212 g/mol. The van der Waals surface area contributed by atoms with Gasteiger partial charge in [0.2, 0.25) is 5.91 Å². The molecule has 1 aliphatic rings. The molecule has 0 spiro atoms. The van der Waals surface area contributed by atoms with E-state index in [9.17, 15) is 4.79 Å². The molecule has 0 aromatic carbocycles. The van der Waals surface area contributed by atoms with Gasteiger partial charge >= 0.3 is 0 Å². The van der Waals surface area contributed by atoms with Gasteiger partial charge in [0.25, 0.3) is 0 Å². The Morgan fingerprint density at radius 1 is 1.60 bits per heavy atom. The van der Waals surface area contributed by atoms with Gasteiger partial charge in [0.15, 0.2) is 0 Å².